The molecule has 1 unspecified atom stereocenters. The number of hydrogen-bond donors (Lipinski definition) is 1. The highest BCUT2D eigenvalue weighted by Gasteiger charge is 2.46. The number of aliphatic hydroxyl groups excluding tert-OH is 1. The highest BCUT2D eigenvalue weighted by Crippen LogP contribution is 2.40. The summed E-state index contributed by atoms with van der Waals surface area (Å²) in [6, 6.07) is 22.9. The van der Waals surface area contributed by atoms with Crippen LogP contribution in [0.15, 0.2) is 84.4 Å². The van der Waals surface area contributed by atoms with E-state index in [0.717, 1.165) is 13.1 Å². The van der Waals surface area contributed by atoms with Crippen LogP contribution in [0.1, 0.15) is 37.9 Å². The van der Waals surface area contributed by atoms with Crippen LogP contribution >= 0.6 is 0 Å². The van der Waals surface area contributed by atoms with Crippen LogP contribution in [-0.4, -0.2) is 59.4 Å². The number of ketones is 1. The summed E-state index contributed by atoms with van der Waals surface area (Å²) >= 11 is 0. The third-order valence-electron chi connectivity index (χ3n) is 6.66. The molecule has 1 aliphatic heterocycles. The molecule has 198 valence electrons. The number of nitrogens with zero attached hydrogens (tertiary/aromatic N) is 2. The second kappa shape index (κ2) is 12.4. The summed E-state index contributed by atoms with van der Waals surface area (Å²) in [5.41, 5.74) is 1.15. The van der Waals surface area contributed by atoms with Gasteiger partial charge in [0.1, 0.15) is 23.0 Å². The normalized spacial score (nSPS) is 16.7. The van der Waals surface area contributed by atoms with E-state index < -0.39 is 17.7 Å². The molecule has 7 nitrogen and oxygen atoms in total. The zero-order valence-corrected chi connectivity index (χ0v) is 22.1. The van der Waals surface area contributed by atoms with Crippen LogP contribution in [0.3, 0.4) is 0 Å². The van der Waals surface area contributed by atoms with E-state index in [0.29, 0.717) is 48.1 Å². The lowest BCUT2D eigenvalue weighted by molar-refractivity contribution is -0.140. The third kappa shape index (κ3) is 5.89. The minimum absolute atomic E-state index is 0.0556. The minimum atomic E-state index is -0.763. The Hall–Kier alpha value is -4.10. The van der Waals surface area contributed by atoms with E-state index >= 15 is 0 Å². The third-order valence-corrected chi connectivity index (χ3v) is 6.66. The minimum Gasteiger partial charge on any atom is -0.507 e. The summed E-state index contributed by atoms with van der Waals surface area (Å²) in [6.07, 6.45) is 0. The van der Waals surface area contributed by atoms with Crippen molar-refractivity contribution in [3.05, 3.63) is 95.6 Å². The van der Waals surface area contributed by atoms with Gasteiger partial charge >= 0.3 is 0 Å². The average molecular weight is 515 g/mol. The predicted molar refractivity (Wildman–Crippen MR) is 147 cm³/mol. The molecule has 1 saturated heterocycles. The van der Waals surface area contributed by atoms with E-state index in [1.807, 2.05) is 61.5 Å². The lowest BCUT2D eigenvalue weighted by Crippen LogP contribution is -2.38. The van der Waals surface area contributed by atoms with Gasteiger partial charge in [0, 0.05) is 18.7 Å². The number of aliphatic hydroxyl groups is 1. The van der Waals surface area contributed by atoms with Crippen molar-refractivity contribution < 1.29 is 24.2 Å². The van der Waals surface area contributed by atoms with Crippen LogP contribution in [0.5, 0.6) is 17.2 Å². The molecule has 1 atom stereocenters. The molecular formula is C31H34N2O5. The Labute approximate surface area is 223 Å². The number of hydrogen-bond acceptors (Lipinski definition) is 6. The van der Waals surface area contributed by atoms with Crippen molar-refractivity contribution in [2.75, 3.05) is 32.8 Å². The van der Waals surface area contributed by atoms with Gasteiger partial charge in [-0.1, -0.05) is 56.3 Å². The summed E-state index contributed by atoms with van der Waals surface area (Å²) in [6.45, 7) is 9.07. The lowest BCUT2D eigenvalue weighted by Gasteiger charge is -2.28. The van der Waals surface area contributed by atoms with Gasteiger partial charge in [0.25, 0.3) is 11.7 Å². The van der Waals surface area contributed by atoms with Gasteiger partial charge in [0.15, 0.2) is 0 Å². The number of likely N-dealkylation sites (tertiary alicyclic amines) is 1. The second-order valence-electron chi connectivity index (χ2n) is 8.97. The molecule has 7 heteroatoms. The van der Waals surface area contributed by atoms with Gasteiger partial charge in [-0.25, -0.2) is 0 Å². The van der Waals surface area contributed by atoms with Crippen molar-refractivity contribution in [3.8, 4) is 17.2 Å². The maximum absolute atomic E-state index is 13.4. The lowest BCUT2D eigenvalue weighted by atomic mass is 9.95. The van der Waals surface area contributed by atoms with E-state index in [4.69, 9.17) is 9.47 Å². The molecule has 1 aliphatic rings. The Morgan fingerprint density at radius 2 is 1.55 bits per heavy atom. The maximum Gasteiger partial charge on any atom is 0.295 e. The number of ether oxygens (including phenoxy) is 2. The first-order valence-corrected chi connectivity index (χ1v) is 13.0. The van der Waals surface area contributed by atoms with Gasteiger partial charge in [0.2, 0.25) is 0 Å². The first-order chi connectivity index (χ1) is 18.5. The van der Waals surface area contributed by atoms with Crippen molar-refractivity contribution in [1.29, 1.82) is 0 Å². The van der Waals surface area contributed by atoms with Crippen molar-refractivity contribution >= 4 is 17.4 Å². The van der Waals surface area contributed by atoms with E-state index in [-0.39, 0.29) is 11.3 Å². The van der Waals surface area contributed by atoms with Crippen LogP contribution < -0.4 is 9.47 Å². The van der Waals surface area contributed by atoms with E-state index in [9.17, 15) is 14.7 Å². The molecule has 3 aromatic rings. The first kappa shape index (κ1) is 26.9. The van der Waals surface area contributed by atoms with Crippen LogP contribution in [0.4, 0.5) is 0 Å². The van der Waals surface area contributed by atoms with Crippen molar-refractivity contribution in [3.63, 3.8) is 0 Å². The summed E-state index contributed by atoms with van der Waals surface area (Å²) in [4.78, 5) is 30.5. The Morgan fingerprint density at radius 1 is 0.868 bits per heavy atom. The fourth-order valence-electron chi connectivity index (χ4n) is 4.67. The standard InChI is InChI=1S/C31H34N2O5/c1-4-32(5-2)18-19-33-28(22-12-10-17-26(20-22)38-24-14-8-7-9-15-24)27(30(35)31(33)36)29(34)23-13-11-16-25(21-23)37-6-3/h7-17,20-21,28,34H,4-6,18-19H2,1-3H3. The molecular weight excluding hydrogens is 480 g/mol. The molecule has 4 rings (SSSR count). The first-order valence-electron chi connectivity index (χ1n) is 13.0. The molecule has 0 aliphatic carbocycles. The molecule has 0 aromatic heterocycles. The topological polar surface area (TPSA) is 79.3 Å². The van der Waals surface area contributed by atoms with E-state index in [1.165, 1.54) is 0 Å². The smallest absolute Gasteiger partial charge is 0.295 e. The molecule has 38 heavy (non-hydrogen) atoms. The zero-order chi connectivity index (χ0) is 27.1. The van der Waals surface area contributed by atoms with E-state index in [2.05, 4.69) is 18.7 Å². The fraction of sp³-hybridized carbons (Fsp3) is 0.290. The van der Waals surface area contributed by atoms with Crippen LogP contribution in [-0.2, 0) is 9.59 Å². The molecule has 0 radical (unpaired) electrons. The second-order valence-corrected chi connectivity index (χ2v) is 8.97. The summed E-state index contributed by atoms with van der Waals surface area (Å²) in [5.74, 6) is 0.258. The van der Waals surface area contributed by atoms with Gasteiger partial charge < -0.3 is 24.4 Å². The monoisotopic (exact) mass is 514 g/mol. The highest BCUT2D eigenvalue weighted by atomic mass is 16.5. The summed E-state index contributed by atoms with van der Waals surface area (Å²) in [5, 5.41) is 11.4. The number of carbonyl (C=O) groups is 2. The number of benzene rings is 3. The van der Waals surface area contributed by atoms with Gasteiger partial charge in [0.05, 0.1) is 18.2 Å². The highest BCUT2D eigenvalue weighted by molar-refractivity contribution is 6.46. The van der Waals surface area contributed by atoms with Crippen molar-refractivity contribution in [1.82, 2.24) is 9.80 Å². The largest absolute Gasteiger partial charge is 0.507 e. The molecule has 1 fully saturated rings. The number of rotatable bonds is 11. The number of likely N-dealkylation sites (N-methyl/N-ethyl adjacent to an activating group) is 1. The summed E-state index contributed by atoms with van der Waals surface area (Å²) in [7, 11) is 0. The molecule has 1 amide bonds. The number of para-hydroxylation sites is 1. The van der Waals surface area contributed by atoms with Crippen molar-refractivity contribution in [2.45, 2.75) is 26.8 Å². The van der Waals surface area contributed by atoms with Crippen molar-refractivity contribution in [2.24, 2.45) is 0 Å². The molecule has 3 aromatic carbocycles. The van der Waals surface area contributed by atoms with Gasteiger partial charge in [-0.2, -0.15) is 0 Å². The summed E-state index contributed by atoms with van der Waals surface area (Å²) < 4.78 is 11.6. The van der Waals surface area contributed by atoms with Gasteiger partial charge in [-0.3, -0.25) is 9.59 Å². The van der Waals surface area contributed by atoms with Crippen LogP contribution in [0.25, 0.3) is 5.76 Å². The maximum atomic E-state index is 13.4. The zero-order valence-electron chi connectivity index (χ0n) is 22.1. The number of Topliss-reactive ketones (excluding diaryl/α,β-unsaturated/α-hetero) is 1. The molecule has 0 spiro atoms. The number of amides is 1. The van der Waals surface area contributed by atoms with E-state index in [1.54, 1.807) is 29.2 Å². The molecule has 1 heterocycles. The Kier molecular flexibility index (Phi) is 8.81. The Morgan fingerprint density at radius 3 is 2.26 bits per heavy atom. The Bertz CT molecular complexity index is 1300. The molecule has 1 N–H and O–H groups in total. The van der Waals surface area contributed by atoms with Gasteiger partial charge in [-0.05, 0) is 62.0 Å². The van der Waals surface area contributed by atoms with Crippen LogP contribution in [0.2, 0.25) is 0 Å². The quantitative estimate of drug-likeness (QED) is 0.203. The molecule has 0 bridgehead atoms. The Balaban J connectivity index is 1.78. The van der Waals surface area contributed by atoms with Gasteiger partial charge in [-0.15, -0.1) is 0 Å². The SMILES string of the molecule is CCOc1cccc(C(O)=C2C(=O)C(=O)N(CCN(CC)CC)C2c2cccc(Oc3ccccc3)c2)c1. The number of carbonyl (C=O) groups excluding carboxylic acids is 2. The average Bonchev–Trinajstić information content (AvgIpc) is 3.19. The fourth-order valence-corrected chi connectivity index (χ4v) is 4.67. The molecule has 0 saturated carbocycles. The predicted octanol–water partition coefficient (Wildman–Crippen LogP) is 5.64. The van der Waals surface area contributed by atoms with Crippen LogP contribution in [0, 0.1) is 0 Å².